The van der Waals surface area contributed by atoms with Gasteiger partial charge in [0, 0.05) is 5.69 Å². The van der Waals surface area contributed by atoms with Gasteiger partial charge in [0.1, 0.15) is 17.2 Å². The summed E-state index contributed by atoms with van der Waals surface area (Å²) in [6.07, 6.45) is 5.01. The first-order chi connectivity index (χ1) is 11.4. The van der Waals surface area contributed by atoms with Crippen LogP contribution in [-0.4, -0.2) is 26.9 Å². The number of carbonyl (C=O) groups is 2. The zero-order valence-electron chi connectivity index (χ0n) is 12.7. The van der Waals surface area contributed by atoms with Gasteiger partial charge in [0.25, 0.3) is 0 Å². The standard InChI is InChI=1S/C6H7NO.C6H6O2.C6H4O2/c7-5-1-3-6(8)4-2-5;2*7-5-1-2-6(8)4-3-5/h1-4,8H,7H2;1-4,7-8H;1-4H. The van der Waals surface area contributed by atoms with E-state index in [0.717, 1.165) is 0 Å². The summed E-state index contributed by atoms with van der Waals surface area (Å²) < 4.78 is 0. The summed E-state index contributed by atoms with van der Waals surface area (Å²) in [5.74, 6) is 0.346. The number of anilines is 1. The van der Waals surface area contributed by atoms with E-state index < -0.39 is 0 Å². The maximum atomic E-state index is 10.3. The molecule has 0 saturated heterocycles. The van der Waals surface area contributed by atoms with Crippen molar-refractivity contribution < 1.29 is 24.9 Å². The van der Waals surface area contributed by atoms with E-state index in [-0.39, 0.29) is 28.8 Å². The summed E-state index contributed by atoms with van der Waals surface area (Å²) in [6, 6.07) is 12.1. The van der Waals surface area contributed by atoms with Crippen molar-refractivity contribution in [2.45, 2.75) is 0 Å². The molecule has 6 heteroatoms. The third-order valence-electron chi connectivity index (χ3n) is 2.57. The Hall–Kier alpha value is -3.54. The van der Waals surface area contributed by atoms with E-state index in [0.29, 0.717) is 5.69 Å². The zero-order chi connectivity index (χ0) is 17.9. The molecule has 3 rings (SSSR count). The summed E-state index contributed by atoms with van der Waals surface area (Å²) in [5.41, 5.74) is 5.98. The molecular weight excluding hydrogens is 310 g/mol. The first kappa shape index (κ1) is 18.5. The molecule has 0 radical (unpaired) electrons. The predicted octanol–water partition coefficient (Wildman–Crippen LogP) is 2.32. The highest BCUT2D eigenvalue weighted by molar-refractivity contribution is 6.14. The van der Waals surface area contributed by atoms with Crippen LogP contribution in [0, 0.1) is 0 Å². The van der Waals surface area contributed by atoms with Gasteiger partial charge < -0.3 is 21.1 Å². The molecule has 0 amide bonds. The molecule has 0 spiro atoms. The second kappa shape index (κ2) is 9.47. The third-order valence-corrected chi connectivity index (χ3v) is 2.57. The molecule has 1 aliphatic rings. The molecule has 0 unspecified atom stereocenters. The van der Waals surface area contributed by atoms with Crippen molar-refractivity contribution in [3.63, 3.8) is 0 Å². The Kier molecular flexibility index (Phi) is 7.30. The fraction of sp³-hybridized carbons (Fsp3) is 0. The number of nitrogens with two attached hydrogens (primary N) is 1. The first-order valence-electron chi connectivity index (χ1n) is 6.83. The van der Waals surface area contributed by atoms with E-state index in [1.165, 1.54) is 48.6 Å². The van der Waals surface area contributed by atoms with E-state index in [2.05, 4.69) is 0 Å². The molecule has 0 heterocycles. The second-order valence-corrected chi connectivity index (χ2v) is 4.58. The molecule has 0 bridgehead atoms. The molecule has 124 valence electrons. The molecule has 0 saturated carbocycles. The Morgan fingerprint density at radius 3 is 1.04 bits per heavy atom. The molecule has 5 N–H and O–H groups in total. The molecule has 0 aliphatic heterocycles. The van der Waals surface area contributed by atoms with Crippen LogP contribution in [0.2, 0.25) is 0 Å². The molecule has 0 atom stereocenters. The number of benzene rings is 2. The highest BCUT2D eigenvalue weighted by Crippen LogP contribution is 2.13. The molecular formula is C18H17NO5. The number of nitrogen functional groups attached to an aromatic ring is 1. The number of rotatable bonds is 0. The third kappa shape index (κ3) is 8.04. The molecule has 2 aromatic rings. The van der Waals surface area contributed by atoms with Crippen molar-refractivity contribution in [2.24, 2.45) is 0 Å². The van der Waals surface area contributed by atoms with E-state index in [1.54, 1.807) is 24.3 Å². The van der Waals surface area contributed by atoms with Crippen molar-refractivity contribution in [3.8, 4) is 17.2 Å². The lowest BCUT2D eigenvalue weighted by Crippen LogP contribution is -1.97. The predicted molar refractivity (Wildman–Crippen MR) is 90.6 cm³/mol. The van der Waals surface area contributed by atoms with Gasteiger partial charge in [-0.05, 0) is 72.8 Å². The Labute approximate surface area is 138 Å². The van der Waals surface area contributed by atoms with E-state index >= 15 is 0 Å². The number of allylic oxidation sites excluding steroid dienone is 4. The van der Waals surface area contributed by atoms with E-state index in [9.17, 15) is 9.59 Å². The Morgan fingerprint density at radius 1 is 0.542 bits per heavy atom. The van der Waals surface area contributed by atoms with Gasteiger partial charge in [0.2, 0.25) is 0 Å². The van der Waals surface area contributed by atoms with Gasteiger partial charge in [0.05, 0.1) is 0 Å². The number of hydrogen-bond acceptors (Lipinski definition) is 6. The van der Waals surface area contributed by atoms with E-state index in [4.69, 9.17) is 21.1 Å². The molecule has 24 heavy (non-hydrogen) atoms. The first-order valence-corrected chi connectivity index (χ1v) is 6.83. The topological polar surface area (TPSA) is 121 Å². The Morgan fingerprint density at radius 2 is 0.792 bits per heavy atom. The number of hydrogen-bond donors (Lipinski definition) is 4. The zero-order valence-corrected chi connectivity index (χ0v) is 12.7. The van der Waals surface area contributed by atoms with Crippen molar-refractivity contribution in [1.29, 1.82) is 0 Å². The second-order valence-electron chi connectivity index (χ2n) is 4.58. The summed E-state index contributed by atoms with van der Waals surface area (Å²) in [5, 5.41) is 26.0. The SMILES string of the molecule is Nc1ccc(O)cc1.O=C1C=CC(=O)C=C1.Oc1ccc(O)cc1. The van der Waals surface area contributed by atoms with Gasteiger partial charge in [-0.25, -0.2) is 0 Å². The smallest absolute Gasteiger partial charge is 0.178 e. The average Bonchev–Trinajstić information content (AvgIpc) is 2.57. The Balaban J connectivity index is 0.000000180. The molecule has 0 fully saturated rings. The van der Waals surface area contributed by atoms with Crippen molar-refractivity contribution >= 4 is 17.3 Å². The minimum Gasteiger partial charge on any atom is -0.508 e. The van der Waals surface area contributed by atoms with Crippen LogP contribution in [0.15, 0.2) is 72.8 Å². The van der Waals surface area contributed by atoms with Crippen molar-refractivity contribution in [1.82, 2.24) is 0 Å². The van der Waals surface area contributed by atoms with Gasteiger partial charge in [0.15, 0.2) is 11.6 Å². The van der Waals surface area contributed by atoms with Gasteiger partial charge in [-0.1, -0.05) is 0 Å². The number of carbonyl (C=O) groups excluding carboxylic acids is 2. The van der Waals surface area contributed by atoms with Crippen LogP contribution < -0.4 is 5.73 Å². The highest BCUT2D eigenvalue weighted by atomic mass is 16.3. The van der Waals surface area contributed by atoms with Crippen LogP contribution in [-0.2, 0) is 9.59 Å². The maximum Gasteiger partial charge on any atom is 0.178 e. The lowest BCUT2D eigenvalue weighted by molar-refractivity contribution is -0.113. The summed E-state index contributed by atoms with van der Waals surface area (Å²) in [6.45, 7) is 0. The fourth-order valence-electron chi connectivity index (χ4n) is 1.37. The summed E-state index contributed by atoms with van der Waals surface area (Å²) in [7, 11) is 0. The number of ketones is 2. The van der Waals surface area contributed by atoms with Crippen molar-refractivity contribution in [3.05, 3.63) is 72.8 Å². The van der Waals surface area contributed by atoms with Crippen LogP contribution >= 0.6 is 0 Å². The van der Waals surface area contributed by atoms with Crippen LogP contribution in [0.5, 0.6) is 17.2 Å². The largest absolute Gasteiger partial charge is 0.508 e. The van der Waals surface area contributed by atoms with E-state index in [1.807, 2.05) is 0 Å². The van der Waals surface area contributed by atoms with Crippen molar-refractivity contribution in [2.75, 3.05) is 5.73 Å². The molecule has 2 aromatic carbocycles. The van der Waals surface area contributed by atoms with Crippen LogP contribution in [0.4, 0.5) is 5.69 Å². The number of phenolic OH excluding ortho intramolecular Hbond substituents is 3. The maximum absolute atomic E-state index is 10.3. The van der Waals surface area contributed by atoms with Crippen LogP contribution in [0.1, 0.15) is 0 Å². The quantitative estimate of drug-likeness (QED) is 0.335. The highest BCUT2D eigenvalue weighted by Gasteiger charge is 1.97. The summed E-state index contributed by atoms with van der Waals surface area (Å²) in [4.78, 5) is 20.6. The number of aromatic hydroxyl groups is 3. The van der Waals surface area contributed by atoms with Crippen LogP contribution in [0.3, 0.4) is 0 Å². The minimum absolute atomic E-state index is 0.121. The van der Waals surface area contributed by atoms with Crippen LogP contribution in [0.25, 0.3) is 0 Å². The number of phenols is 3. The van der Waals surface area contributed by atoms with Gasteiger partial charge >= 0.3 is 0 Å². The lowest BCUT2D eigenvalue weighted by atomic mass is 10.2. The molecule has 6 nitrogen and oxygen atoms in total. The molecule has 0 aromatic heterocycles. The van der Waals surface area contributed by atoms with Gasteiger partial charge in [-0.2, -0.15) is 0 Å². The normalized spacial score (nSPS) is 11.8. The van der Waals surface area contributed by atoms with Gasteiger partial charge in [-0.15, -0.1) is 0 Å². The lowest BCUT2D eigenvalue weighted by Gasteiger charge is -1.89. The monoisotopic (exact) mass is 327 g/mol. The fourth-order valence-corrected chi connectivity index (χ4v) is 1.37. The minimum atomic E-state index is -0.121. The van der Waals surface area contributed by atoms with Gasteiger partial charge in [-0.3, -0.25) is 9.59 Å². The summed E-state index contributed by atoms with van der Waals surface area (Å²) >= 11 is 0. The Bertz CT molecular complexity index is 608. The average molecular weight is 327 g/mol. The molecule has 1 aliphatic carbocycles.